The average molecular weight is 469 g/mol. The van der Waals surface area contributed by atoms with Crippen LogP contribution >= 0.6 is 0 Å². The number of primary amides is 1. The van der Waals surface area contributed by atoms with Crippen LogP contribution in [0.1, 0.15) is 39.5 Å². The number of fused-ring (bicyclic) bond motifs is 1. The molecule has 0 radical (unpaired) electrons. The van der Waals surface area contributed by atoms with Crippen LogP contribution in [0.4, 0.5) is 5.69 Å². The number of carbonyl (C=O) groups excluding carboxylic acids is 2. The number of aryl methyl sites for hydroxylation is 3. The predicted molar refractivity (Wildman–Crippen MR) is 140 cm³/mol. The van der Waals surface area contributed by atoms with E-state index in [0.29, 0.717) is 17.0 Å². The number of rotatable bonds is 6. The Morgan fingerprint density at radius 2 is 1.71 bits per heavy atom. The second-order valence-electron chi connectivity index (χ2n) is 8.69. The molecular weight excluding hydrogens is 440 g/mol. The molecule has 0 fully saturated rings. The standard InChI is InChI=1S/C29H28N2O4/c1-16-6-11-22(17(2)12-16)25-15-35-28-19(4)27(34-5)23(14-24(25)28)18(3)13-26(32)31-21-9-7-20(8-10-21)29(30)33/h6-15H,1-5H3,(H2,30,33)(H,31,32)/b18-13+. The summed E-state index contributed by atoms with van der Waals surface area (Å²) in [6.45, 7) is 7.98. The molecule has 178 valence electrons. The Kier molecular flexibility index (Phi) is 6.47. The smallest absolute Gasteiger partial charge is 0.248 e. The monoisotopic (exact) mass is 468 g/mol. The summed E-state index contributed by atoms with van der Waals surface area (Å²) >= 11 is 0. The van der Waals surface area contributed by atoms with Gasteiger partial charge in [0.25, 0.3) is 0 Å². The molecule has 0 aliphatic rings. The molecule has 0 aliphatic heterocycles. The first kappa shape index (κ1) is 23.8. The molecule has 6 heteroatoms. The van der Waals surface area contributed by atoms with Crippen molar-refractivity contribution in [3.05, 3.63) is 88.7 Å². The van der Waals surface area contributed by atoms with E-state index >= 15 is 0 Å². The molecule has 4 aromatic rings. The van der Waals surface area contributed by atoms with E-state index in [-0.39, 0.29) is 5.91 Å². The third-order valence-corrected chi connectivity index (χ3v) is 6.13. The van der Waals surface area contributed by atoms with Crippen LogP contribution in [-0.4, -0.2) is 18.9 Å². The lowest BCUT2D eigenvalue weighted by Crippen LogP contribution is -2.12. The summed E-state index contributed by atoms with van der Waals surface area (Å²) in [5.74, 6) is -0.154. The molecule has 0 saturated heterocycles. The fourth-order valence-electron chi connectivity index (χ4n) is 4.37. The maximum atomic E-state index is 12.7. The van der Waals surface area contributed by atoms with Gasteiger partial charge in [-0.25, -0.2) is 0 Å². The summed E-state index contributed by atoms with van der Waals surface area (Å²) in [4.78, 5) is 24.0. The normalized spacial score (nSPS) is 11.5. The van der Waals surface area contributed by atoms with Crippen molar-refractivity contribution in [2.45, 2.75) is 27.7 Å². The Morgan fingerprint density at radius 3 is 2.34 bits per heavy atom. The molecule has 0 unspecified atom stereocenters. The lowest BCUT2D eigenvalue weighted by atomic mass is 9.94. The van der Waals surface area contributed by atoms with E-state index < -0.39 is 5.91 Å². The fraction of sp³-hybridized carbons (Fsp3) is 0.172. The first-order valence-corrected chi connectivity index (χ1v) is 11.3. The van der Waals surface area contributed by atoms with Crippen LogP contribution < -0.4 is 15.8 Å². The minimum Gasteiger partial charge on any atom is -0.496 e. The van der Waals surface area contributed by atoms with Gasteiger partial charge in [0.05, 0.1) is 13.4 Å². The van der Waals surface area contributed by atoms with E-state index in [2.05, 4.69) is 37.4 Å². The molecule has 0 saturated carbocycles. The van der Waals surface area contributed by atoms with Crippen molar-refractivity contribution >= 4 is 34.0 Å². The largest absolute Gasteiger partial charge is 0.496 e. The van der Waals surface area contributed by atoms with Crippen LogP contribution in [0.25, 0.3) is 27.7 Å². The Balaban J connectivity index is 1.73. The number of allylic oxidation sites excluding steroid dienone is 1. The van der Waals surface area contributed by atoms with Crippen molar-refractivity contribution in [2.24, 2.45) is 5.73 Å². The summed E-state index contributed by atoms with van der Waals surface area (Å²) in [5, 5.41) is 3.77. The number of benzene rings is 3. The van der Waals surface area contributed by atoms with Gasteiger partial charge in [-0.05, 0) is 74.7 Å². The van der Waals surface area contributed by atoms with Crippen LogP contribution in [0, 0.1) is 20.8 Å². The van der Waals surface area contributed by atoms with Crippen molar-refractivity contribution in [1.82, 2.24) is 0 Å². The zero-order chi connectivity index (χ0) is 25.3. The minimum absolute atomic E-state index is 0.295. The third kappa shape index (κ3) is 4.68. The first-order chi connectivity index (χ1) is 16.7. The van der Waals surface area contributed by atoms with Gasteiger partial charge in [-0.2, -0.15) is 0 Å². The number of hydrogen-bond acceptors (Lipinski definition) is 4. The van der Waals surface area contributed by atoms with Crippen molar-refractivity contribution in [1.29, 1.82) is 0 Å². The summed E-state index contributed by atoms with van der Waals surface area (Å²) in [6, 6.07) is 14.8. The summed E-state index contributed by atoms with van der Waals surface area (Å²) in [7, 11) is 1.61. The zero-order valence-corrected chi connectivity index (χ0v) is 20.5. The number of nitrogens with two attached hydrogens (primary N) is 1. The second-order valence-corrected chi connectivity index (χ2v) is 8.69. The molecule has 6 nitrogen and oxygen atoms in total. The highest BCUT2D eigenvalue weighted by Gasteiger charge is 2.19. The van der Waals surface area contributed by atoms with Gasteiger partial charge in [-0.15, -0.1) is 0 Å². The van der Waals surface area contributed by atoms with Crippen LogP contribution in [0.3, 0.4) is 0 Å². The van der Waals surface area contributed by atoms with E-state index in [1.165, 1.54) is 11.6 Å². The van der Waals surface area contributed by atoms with Gasteiger partial charge in [0.15, 0.2) is 0 Å². The van der Waals surface area contributed by atoms with Gasteiger partial charge in [-0.3, -0.25) is 9.59 Å². The van der Waals surface area contributed by atoms with Crippen molar-refractivity contribution < 1.29 is 18.7 Å². The molecule has 4 rings (SSSR count). The van der Waals surface area contributed by atoms with E-state index in [9.17, 15) is 9.59 Å². The molecule has 3 N–H and O–H groups in total. The average Bonchev–Trinajstić information content (AvgIpc) is 3.23. The van der Waals surface area contributed by atoms with E-state index in [1.54, 1.807) is 37.6 Å². The van der Waals surface area contributed by atoms with E-state index in [0.717, 1.165) is 44.4 Å². The third-order valence-electron chi connectivity index (χ3n) is 6.13. The lowest BCUT2D eigenvalue weighted by molar-refractivity contribution is -0.111. The maximum Gasteiger partial charge on any atom is 0.248 e. The number of hydrogen-bond donors (Lipinski definition) is 2. The number of nitrogens with one attached hydrogen (secondary N) is 1. The molecule has 1 aromatic heterocycles. The van der Waals surface area contributed by atoms with Crippen LogP contribution in [0.5, 0.6) is 5.75 Å². The Bertz CT molecular complexity index is 1480. The number of carbonyl (C=O) groups is 2. The number of anilines is 1. The Hall–Kier alpha value is -4.32. The molecule has 0 aliphatic carbocycles. The summed E-state index contributed by atoms with van der Waals surface area (Å²) < 4.78 is 11.7. The fourth-order valence-corrected chi connectivity index (χ4v) is 4.37. The number of ether oxygens (including phenoxy) is 1. The van der Waals surface area contributed by atoms with Crippen molar-refractivity contribution in [3.63, 3.8) is 0 Å². The molecule has 0 spiro atoms. The highest BCUT2D eigenvalue weighted by Crippen LogP contribution is 2.41. The minimum atomic E-state index is -0.518. The number of methoxy groups -OCH3 is 1. The highest BCUT2D eigenvalue weighted by molar-refractivity contribution is 6.06. The van der Waals surface area contributed by atoms with Crippen LogP contribution in [0.2, 0.25) is 0 Å². The van der Waals surface area contributed by atoms with Gasteiger partial charge in [0, 0.05) is 39.4 Å². The molecule has 1 heterocycles. The topological polar surface area (TPSA) is 94.6 Å². The molecule has 0 bridgehead atoms. The van der Waals surface area contributed by atoms with Gasteiger partial charge in [0.2, 0.25) is 11.8 Å². The van der Waals surface area contributed by atoms with E-state index in [1.807, 2.05) is 19.9 Å². The zero-order valence-electron chi connectivity index (χ0n) is 20.5. The van der Waals surface area contributed by atoms with Crippen LogP contribution in [0.15, 0.2) is 65.3 Å². The molecule has 0 atom stereocenters. The van der Waals surface area contributed by atoms with Crippen LogP contribution in [-0.2, 0) is 4.79 Å². The second kappa shape index (κ2) is 9.50. The molecule has 2 amide bonds. The number of furan rings is 1. The maximum absolute atomic E-state index is 12.7. The summed E-state index contributed by atoms with van der Waals surface area (Å²) in [5.41, 5.74) is 13.9. The first-order valence-electron chi connectivity index (χ1n) is 11.3. The molecule has 35 heavy (non-hydrogen) atoms. The SMILES string of the molecule is COc1c(/C(C)=C/C(=O)Nc2ccc(C(N)=O)cc2)cc2c(-c3ccc(C)cc3C)coc2c1C. The Labute approximate surface area is 204 Å². The van der Waals surface area contributed by atoms with E-state index in [4.69, 9.17) is 14.9 Å². The predicted octanol–water partition coefficient (Wildman–Crippen LogP) is 6.17. The molecular formula is C29H28N2O4. The van der Waals surface area contributed by atoms with Gasteiger partial charge in [0.1, 0.15) is 11.3 Å². The molecule has 3 aromatic carbocycles. The van der Waals surface area contributed by atoms with Gasteiger partial charge < -0.3 is 20.2 Å². The van der Waals surface area contributed by atoms with Crippen molar-refractivity contribution in [2.75, 3.05) is 12.4 Å². The van der Waals surface area contributed by atoms with Gasteiger partial charge in [-0.1, -0.05) is 23.8 Å². The highest BCUT2D eigenvalue weighted by atomic mass is 16.5. The number of amides is 2. The summed E-state index contributed by atoms with van der Waals surface area (Å²) in [6.07, 6.45) is 3.31. The Morgan fingerprint density at radius 1 is 1.00 bits per heavy atom. The van der Waals surface area contributed by atoms with Crippen molar-refractivity contribution in [3.8, 4) is 16.9 Å². The van der Waals surface area contributed by atoms with Gasteiger partial charge >= 0.3 is 0 Å². The lowest BCUT2D eigenvalue weighted by Gasteiger charge is -2.14. The quantitative estimate of drug-likeness (QED) is 0.331.